The van der Waals surface area contributed by atoms with Crippen molar-refractivity contribution in [3.63, 3.8) is 0 Å². The summed E-state index contributed by atoms with van der Waals surface area (Å²) in [5.74, 6) is 0.00919. The number of rotatable bonds is 5. The van der Waals surface area contributed by atoms with Gasteiger partial charge in [0.15, 0.2) is 0 Å². The van der Waals surface area contributed by atoms with Gasteiger partial charge in [-0.15, -0.1) is 0 Å². The van der Waals surface area contributed by atoms with E-state index >= 15 is 0 Å². The number of nitrogens with zero attached hydrogens (tertiary/aromatic N) is 2. The highest BCUT2D eigenvalue weighted by molar-refractivity contribution is 9.10. The lowest BCUT2D eigenvalue weighted by atomic mass is 10.2. The van der Waals surface area contributed by atoms with E-state index in [0.29, 0.717) is 16.6 Å². The van der Waals surface area contributed by atoms with Gasteiger partial charge in [0, 0.05) is 58.5 Å². The zero-order valence-electron chi connectivity index (χ0n) is 14.2. The minimum Gasteiger partial charge on any atom is -0.325 e. The molecular formula is C19H20BrCl2N3O. The number of carbonyl (C=O) groups excluding carboxylic acids is 1. The van der Waals surface area contributed by atoms with Crippen LogP contribution in [-0.4, -0.2) is 48.4 Å². The summed E-state index contributed by atoms with van der Waals surface area (Å²) < 4.78 is 0.991. The minimum atomic E-state index is 0.00919. The molecule has 2 aromatic carbocycles. The van der Waals surface area contributed by atoms with Gasteiger partial charge >= 0.3 is 0 Å². The largest absolute Gasteiger partial charge is 0.325 e. The summed E-state index contributed by atoms with van der Waals surface area (Å²) in [6.45, 7) is 4.58. The van der Waals surface area contributed by atoms with E-state index in [2.05, 4.69) is 31.0 Å². The molecule has 0 aliphatic carbocycles. The maximum Gasteiger partial charge on any atom is 0.238 e. The highest BCUT2D eigenvalue weighted by Gasteiger charge is 2.20. The van der Waals surface area contributed by atoms with Crippen molar-refractivity contribution in [2.24, 2.45) is 0 Å². The molecule has 0 bridgehead atoms. The van der Waals surface area contributed by atoms with Crippen molar-refractivity contribution >= 4 is 50.7 Å². The molecule has 1 aliphatic rings. The van der Waals surface area contributed by atoms with Crippen LogP contribution in [0.3, 0.4) is 0 Å². The van der Waals surface area contributed by atoms with E-state index in [1.54, 1.807) is 0 Å². The molecule has 0 spiro atoms. The first-order chi connectivity index (χ1) is 12.5. The Bertz CT molecular complexity index is 742. The molecule has 0 saturated carbocycles. The van der Waals surface area contributed by atoms with Crippen LogP contribution in [0, 0.1) is 0 Å². The van der Waals surface area contributed by atoms with Crippen molar-refractivity contribution in [1.82, 2.24) is 9.80 Å². The Morgan fingerprint density at radius 2 is 1.54 bits per heavy atom. The first-order valence-electron chi connectivity index (χ1n) is 8.44. The van der Waals surface area contributed by atoms with E-state index in [-0.39, 0.29) is 5.91 Å². The third-order valence-corrected chi connectivity index (χ3v) is 5.64. The van der Waals surface area contributed by atoms with Gasteiger partial charge in [0.1, 0.15) is 0 Å². The van der Waals surface area contributed by atoms with Gasteiger partial charge in [0.25, 0.3) is 0 Å². The summed E-state index contributed by atoms with van der Waals surface area (Å²) in [5, 5.41) is 4.34. The quantitative estimate of drug-likeness (QED) is 0.718. The van der Waals surface area contributed by atoms with Crippen molar-refractivity contribution in [2.45, 2.75) is 6.54 Å². The maximum atomic E-state index is 12.2. The second-order valence-corrected chi connectivity index (χ2v) is 8.04. The van der Waals surface area contributed by atoms with Gasteiger partial charge in [-0.05, 0) is 36.4 Å². The number of halogens is 3. The van der Waals surface area contributed by atoms with Crippen LogP contribution in [0.5, 0.6) is 0 Å². The molecule has 3 rings (SSSR count). The molecule has 1 heterocycles. The third kappa shape index (κ3) is 5.44. The maximum absolute atomic E-state index is 12.2. The van der Waals surface area contributed by atoms with Gasteiger partial charge in [-0.3, -0.25) is 14.6 Å². The summed E-state index contributed by atoms with van der Waals surface area (Å²) in [7, 11) is 0. The molecule has 26 heavy (non-hydrogen) atoms. The summed E-state index contributed by atoms with van der Waals surface area (Å²) in [5.41, 5.74) is 1.78. The predicted molar refractivity (Wildman–Crippen MR) is 111 cm³/mol. The highest BCUT2D eigenvalue weighted by Crippen LogP contribution is 2.26. The Kier molecular flexibility index (Phi) is 6.95. The van der Waals surface area contributed by atoms with Crippen LogP contribution < -0.4 is 5.32 Å². The Morgan fingerprint density at radius 3 is 2.15 bits per heavy atom. The average molecular weight is 457 g/mol. The molecule has 1 saturated heterocycles. The molecule has 1 fully saturated rings. The molecule has 0 aromatic heterocycles. The number of hydrogen-bond acceptors (Lipinski definition) is 3. The van der Waals surface area contributed by atoms with Crippen molar-refractivity contribution in [3.05, 3.63) is 62.5 Å². The van der Waals surface area contributed by atoms with Crippen molar-refractivity contribution in [3.8, 4) is 0 Å². The molecule has 1 amide bonds. The number of anilines is 1. The number of hydrogen-bond donors (Lipinski definition) is 1. The number of carbonyl (C=O) groups is 1. The Balaban J connectivity index is 1.46. The molecule has 1 N–H and O–H groups in total. The Hall–Kier alpha value is -1.11. The molecule has 1 aliphatic heterocycles. The fourth-order valence-corrected chi connectivity index (χ4v) is 3.73. The van der Waals surface area contributed by atoms with Crippen LogP contribution in [-0.2, 0) is 11.3 Å². The summed E-state index contributed by atoms with van der Waals surface area (Å²) in [6.07, 6.45) is 0. The van der Waals surface area contributed by atoms with E-state index in [0.717, 1.165) is 48.4 Å². The average Bonchev–Trinajstić information content (AvgIpc) is 2.62. The molecule has 0 atom stereocenters. The lowest BCUT2D eigenvalue weighted by Crippen LogP contribution is -2.48. The highest BCUT2D eigenvalue weighted by atomic mass is 79.9. The van der Waals surface area contributed by atoms with Gasteiger partial charge in [-0.1, -0.05) is 45.2 Å². The fourth-order valence-electron chi connectivity index (χ4n) is 2.95. The Labute approximate surface area is 172 Å². The van der Waals surface area contributed by atoms with Gasteiger partial charge in [-0.2, -0.15) is 0 Å². The van der Waals surface area contributed by atoms with Gasteiger partial charge in [0.05, 0.1) is 6.54 Å². The fraction of sp³-hybridized carbons (Fsp3) is 0.316. The zero-order valence-corrected chi connectivity index (χ0v) is 17.3. The topological polar surface area (TPSA) is 35.6 Å². The van der Waals surface area contributed by atoms with E-state index in [9.17, 15) is 4.79 Å². The van der Waals surface area contributed by atoms with Crippen LogP contribution in [0.4, 0.5) is 5.69 Å². The first kappa shape index (κ1) is 19.6. The minimum absolute atomic E-state index is 0.00919. The van der Waals surface area contributed by atoms with Gasteiger partial charge < -0.3 is 5.32 Å². The SMILES string of the molecule is O=C(CN1CCN(Cc2c(Cl)cccc2Cl)CC1)Nc1ccc(Br)cc1. The predicted octanol–water partition coefficient (Wildman–Crippen LogP) is 4.51. The van der Waals surface area contributed by atoms with Crippen molar-refractivity contribution in [2.75, 3.05) is 38.0 Å². The zero-order chi connectivity index (χ0) is 18.5. The van der Waals surface area contributed by atoms with Crippen LogP contribution in [0.15, 0.2) is 46.9 Å². The molecule has 7 heteroatoms. The molecule has 2 aromatic rings. The summed E-state index contributed by atoms with van der Waals surface area (Å²) in [6, 6.07) is 13.2. The second-order valence-electron chi connectivity index (χ2n) is 6.31. The first-order valence-corrected chi connectivity index (χ1v) is 9.99. The molecule has 4 nitrogen and oxygen atoms in total. The number of piperazine rings is 1. The number of nitrogens with one attached hydrogen (secondary N) is 1. The van der Waals surface area contributed by atoms with Crippen LogP contribution in [0.2, 0.25) is 10.0 Å². The van der Waals surface area contributed by atoms with Crippen LogP contribution in [0.25, 0.3) is 0 Å². The Morgan fingerprint density at radius 1 is 0.962 bits per heavy atom. The summed E-state index contributed by atoms with van der Waals surface area (Å²) >= 11 is 15.9. The van der Waals surface area contributed by atoms with Crippen LogP contribution >= 0.6 is 39.1 Å². The number of benzene rings is 2. The molecular weight excluding hydrogens is 437 g/mol. The smallest absolute Gasteiger partial charge is 0.238 e. The van der Waals surface area contributed by atoms with E-state index < -0.39 is 0 Å². The normalized spacial score (nSPS) is 15.8. The van der Waals surface area contributed by atoms with Gasteiger partial charge in [0.2, 0.25) is 5.91 Å². The second kappa shape index (κ2) is 9.20. The standard InChI is InChI=1S/C19H20BrCl2N3O/c20-14-4-6-15(7-5-14)23-19(26)13-25-10-8-24(9-11-25)12-16-17(21)2-1-3-18(16)22/h1-7H,8-13H2,(H,23,26). The van der Waals surface area contributed by atoms with Crippen LogP contribution in [0.1, 0.15) is 5.56 Å². The van der Waals surface area contributed by atoms with E-state index in [4.69, 9.17) is 23.2 Å². The van der Waals surface area contributed by atoms with E-state index in [1.807, 2.05) is 42.5 Å². The lowest BCUT2D eigenvalue weighted by Gasteiger charge is -2.34. The third-order valence-electron chi connectivity index (χ3n) is 4.40. The van der Waals surface area contributed by atoms with Crippen molar-refractivity contribution in [1.29, 1.82) is 0 Å². The lowest BCUT2D eigenvalue weighted by molar-refractivity contribution is -0.117. The summed E-state index contributed by atoms with van der Waals surface area (Å²) in [4.78, 5) is 16.7. The van der Waals surface area contributed by atoms with Gasteiger partial charge in [-0.25, -0.2) is 0 Å². The molecule has 138 valence electrons. The number of amides is 1. The molecule has 0 unspecified atom stereocenters. The molecule has 0 radical (unpaired) electrons. The monoisotopic (exact) mass is 455 g/mol. The van der Waals surface area contributed by atoms with E-state index in [1.165, 1.54) is 0 Å². The van der Waals surface area contributed by atoms with Crippen molar-refractivity contribution < 1.29 is 4.79 Å².